The predicted molar refractivity (Wildman–Crippen MR) is 78.0 cm³/mol. The lowest BCUT2D eigenvalue weighted by atomic mass is 10.0. The summed E-state index contributed by atoms with van der Waals surface area (Å²) < 4.78 is 15.4. The number of aryl methyl sites for hydroxylation is 2. The van der Waals surface area contributed by atoms with Crippen molar-refractivity contribution in [2.75, 3.05) is 0 Å². The Balaban J connectivity index is 2.20. The number of benzene rings is 1. The summed E-state index contributed by atoms with van der Waals surface area (Å²) in [7, 11) is 0. The molecule has 0 amide bonds. The largest absolute Gasteiger partial charge is 0.325 e. The number of fused-ring (bicyclic) bond motifs is 1. The van der Waals surface area contributed by atoms with Crippen LogP contribution in [0.5, 0.6) is 0 Å². The van der Waals surface area contributed by atoms with E-state index in [-0.39, 0.29) is 5.82 Å². The quantitative estimate of drug-likeness (QED) is 0.776. The molecule has 0 fully saturated rings. The molecule has 2 aromatic heterocycles. The molecule has 102 valence electrons. The average Bonchev–Trinajstić information content (AvgIpc) is 2.78. The van der Waals surface area contributed by atoms with Crippen molar-refractivity contribution in [3.05, 3.63) is 59.4 Å². The molecule has 2 heterocycles. The van der Waals surface area contributed by atoms with Gasteiger partial charge in [-0.05, 0) is 49.2 Å². The molecular weight excluding hydrogens is 253 g/mol. The maximum atomic E-state index is 13.4. The molecule has 1 aromatic carbocycles. The summed E-state index contributed by atoms with van der Waals surface area (Å²) in [6, 6.07) is 9.25. The summed E-state index contributed by atoms with van der Waals surface area (Å²) >= 11 is 0. The summed E-state index contributed by atoms with van der Waals surface area (Å²) in [6.45, 7) is 4.23. The topological polar surface area (TPSA) is 43.3 Å². The monoisotopic (exact) mass is 269 g/mol. The Morgan fingerprint density at radius 1 is 1.20 bits per heavy atom. The van der Waals surface area contributed by atoms with Crippen LogP contribution in [0.4, 0.5) is 4.39 Å². The summed E-state index contributed by atoms with van der Waals surface area (Å²) in [5, 5.41) is 0. The zero-order valence-electron chi connectivity index (χ0n) is 11.5. The van der Waals surface area contributed by atoms with E-state index >= 15 is 0 Å². The van der Waals surface area contributed by atoms with E-state index in [9.17, 15) is 4.39 Å². The minimum Gasteiger partial charge on any atom is -0.325 e. The van der Waals surface area contributed by atoms with Gasteiger partial charge in [-0.1, -0.05) is 6.07 Å². The molecule has 20 heavy (non-hydrogen) atoms. The maximum absolute atomic E-state index is 13.4. The van der Waals surface area contributed by atoms with E-state index in [1.807, 2.05) is 23.5 Å². The Labute approximate surface area is 116 Å². The Hall–Kier alpha value is -2.20. The van der Waals surface area contributed by atoms with Crippen LogP contribution in [0.2, 0.25) is 0 Å². The first-order valence-corrected chi connectivity index (χ1v) is 6.53. The average molecular weight is 269 g/mol. The van der Waals surface area contributed by atoms with E-state index in [4.69, 9.17) is 5.73 Å². The fourth-order valence-corrected chi connectivity index (χ4v) is 2.47. The van der Waals surface area contributed by atoms with Crippen LogP contribution in [-0.4, -0.2) is 9.38 Å². The Morgan fingerprint density at radius 3 is 2.70 bits per heavy atom. The van der Waals surface area contributed by atoms with Gasteiger partial charge in [0, 0.05) is 23.3 Å². The Bertz CT molecular complexity index is 790. The number of nitrogens with two attached hydrogens (primary N) is 1. The molecule has 0 aliphatic heterocycles. The molecule has 4 heteroatoms. The van der Waals surface area contributed by atoms with Crippen LogP contribution >= 0.6 is 0 Å². The summed E-state index contributed by atoms with van der Waals surface area (Å²) in [6.07, 6.45) is 1.78. The highest BCUT2D eigenvalue weighted by atomic mass is 19.1. The van der Waals surface area contributed by atoms with Crippen LogP contribution in [0.3, 0.4) is 0 Å². The lowest BCUT2D eigenvalue weighted by Crippen LogP contribution is -2.01. The van der Waals surface area contributed by atoms with Crippen molar-refractivity contribution in [1.29, 1.82) is 0 Å². The van der Waals surface area contributed by atoms with Crippen molar-refractivity contribution in [2.24, 2.45) is 5.73 Å². The van der Waals surface area contributed by atoms with Crippen molar-refractivity contribution >= 4 is 5.52 Å². The fourth-order valence-electron chi connectivity index (χ4n) is 2.47. The molecule has 3 rings (SSSR count). The zero-order valence-corrected chi connectivity index (χ0v) is 11.5. The van der Waals surface area contributed by atoms with Gasteiger partial charge in [-0.25, -0.2) is 9.37 Å². The number of hydrogen-bond donors (Lipinski definition) is 1. The number of aromatic nitrogens is 2. The van der Waals surface area contributed by atoms with E-state index in [0.717, 1.165) is 28.0 Å². The van der Waals surface area contributed by atoms with Gasteiger partial charge in [0.25, 0.3) is 0 Å². The van der Waals surface area contributed by atoms with Crippen LogP contribution in [0, 0.1) is 19.7 Å². The second-order valence-electron chi connectivity index (χ2n) is 4.99. The minimum atomic E-state index is -0.178. The highest BCUT2D eigenvalue weighted by molar-refractivity contribution is 5.74. The molecular formula is C16H16FN3. The normalized spacial score (nSPS) is 11.2. The van der Waals surface area contributed by atoms with Crippen molar-refractivity contribution in [3.63, 3.8) is 0 Å². The zero-order chi connectivity index (χ0) is 14.3. The molecule has 3 aromatic rings. The SMILES string of the molecule is Cc1cc(-c2cc3cc(CN)ncn3c2C)ccc1F. The molecule has 2 N–H and O–H groups in total. The van der Waals surface area contributed by atoms with E-state index < -0.39 is 0 Å². The van der Waals surface area contributed by atoms with Crippen LogP contribution < -0.4 is 5.73 Å². The van der Waals surface area contributed by atoms with Gasteiger partial charge in [0.05, 0.1) is 12.0 Å². The molecule has 0 radical (unpaired) electrons. The summed E-state index contributed by atoms with van der Waals surface area (Å²) in [4.78, 5) is 4.30. The van der Waals surface area contributed by atoms with Gasteiger partial charge >= 0.3 is 0 Å². The second-order valence-corrected chi connectivity index (χ2v) is 4.99. The molecule has 3 nitrogen and oxygen atoms in total. The third-order valence-corrected chi connectivity index (χ3v) is 3.65. The Kier molecular flexibility index (Phi) is 3.03. The molecule has 0 aliphatic rings. The Morgan fingerprint density at radius 2 is 2.00 bits per heavy atom. The summed E-state index contributed by atoms with van der Waals surface area (Å²) in [5.74, 6) is -0.178. The molecule has 0 atom stereocenters. The highest BCUT2D eigenvalue weighted by Gasteiger charge is 2.10. The van der Waals surface area contributed by atoms with Crippen molar-refractivity contribution < 1.29 is 4.39 Å². The molecule has 0 bridgehead atoms. The lowest BCUT2D eigenvalue weighted by molar-refractivity contribution is 0.619. The molecule has 0 aliphatic carbocycles. The van der Waals surface area contributed by atoms with Gasteiger partial charge in [-0.3, -0.25) is 0 Å². The van der Waals surface area contributed by atoms with Gasteiger partial charge in [0.2, 0.25) is 0 Å². The van der Waals surface area contributed by atoms with Crippen molar-refractivity contribution in [1.82, 2.24) is 9.38 Å². The number of halogens is 1. The van der Waals surface area contributed by atoms with Crippen LogP contribution in [0.15, 0.2) is 36.7 Å². The van der Waals surface area contributed by atoms with Crippen LogP contribution in [-0.2, 0) is 6.54 Å². The number of hydrogen-bond acceptors (Lipinski definition) is 2. The first-order valence-electron chi connectivity index (χ1n) is 6.53. The predicted octanol–water partition coefficient (Wildman–Crippen LogP) is 3.22. The molecule has 0 unspecified atom stereocenters. The minimum absolute atomic E-state index is 0.178. The van der Waals surface area contributed by atoms with E-state index in [2.05, 4.69) is 11.1 Å². The highest BCUT2D eigenvalue weighted by Crippen LogP contribution is 2.28. The molecule has 0 saturated carbocycles. The van der Waals surface area contributed by atoms with Gasteiger partial charge in [-0.2, -0.15) is 0 Å². The fraction of sp³-hybridized carbons (Fsp3) is 0.188. The maximum Gasteiger partial charge on any atom is 0.126 e. The smallest absolute Gasteiger partial charge is 0.126 e. The van der Waals surface area contributed by atoms with E-state index in [1.54, 1.807) is 19.3 Å². The second kappa shape index (κ2) is 4.72. The summed E-state index contributed by atoms with van der Waals surface area (Å²) in [5.41, 5.74) is 11.4. The number of nitrogens with zero attached hydrogens (tertiary/aromatic N) is 2. The van der Waals surface area contributed by atoms with Gasteiger partial charge < -0.3 is 10.1 Å². The first kappa shape index (κ1) is 12.8. The lowest BCUT2D eigenvalue weighted by Gasteiger charge is -2.04. The van der Waals surface area contributed by atoms with Crippen LogP contribution in [0.25, 0.3) is 16.6 Å². The van der Waals surface area contributed by atoms with Gasteiger partial charge in [0.15, 0.2) is 0 Å². The van der Waals surface area contributed by atoms with Crippen LogP contribution in [0.1, 0.15) is 17.0 Å². The third kappa shape index (κ3) is 1.98. The standard InChI is InChI=1S/C16H16FN3/c1-10-5-12(3-4-16(10)17)15-7-14-6-13(8-18)19-9-20(14)11(15)2/h3-7,9H,8,18H2,1-2H3. The van der Waals surface area contributed by atoms with E-state index in [0.29, 0.717) is 12.1 Å². The van der Waals surface area contributed by atoms with Crippen molar-refractivity contribution in [2.45, 2.75) is 20.4 Å². The first-order chi connectivity index (χ1) is 9.60. The number of rotatable bonds is 2. The van der Waals surface area contributed by atoms with Gasteiger partial charge in [-0.15, -0.1) is 0 Å². The molecule has 0 saturated heterocycles. The third-order valence-electron chi connectivity index (χ3n) is 3.65. The van der Waals surface area contributed by atoms with Crippen molar-refractivity contribution in [3.8, 4) is 11.1 Å². The molecule has 0 spiro atoms. The van der Waals surface area contributed by atoms with E-state index in [1.165, 1.54) is 6.07 Å². The van der Waals surface area contributed by atoms with Gasteiger partial charge in [0.1, 0.15) is 5.82 Å².